The van der Waals surface area contributed by atoms with E-state index in [4.69, 9.17) is 5.11 Å². The molecule has 0 heterocycles. The van der Waals surface area contributed by atoms with Crippen molar-refractivity contribution < 1.29 is 19.4 Å². The molecule has 0 aromatic carbocycles. The second kappa shape index (κ2) is 5.53. The Kier molecular flexibility index (Phi) is 5.15. The second-order valence-corrected chi connectivity index (χ2v) is 1.35. The van der Waals surface area contributed by atoms with Gasteiger partial charge in [0.15, 0.2) is 0 Å². The molecule has 9 heavy (non-hydrogen) atoms. The van der Waals surface area contributed by atoms with Gasteiger partial charge >= 0.3 is 5.97 Å². The minimum absolute atomic E-state index is 0.274. The van der Waals surface area contributed by atoms with Gasteiger partial charge in [-0.3, -0.25) is 0 Å². The molecule has 53 valence electrons. The number of rotatable bonds is 5. The molecule has 0 aliphatic heterocycles. The Morgan fingerprint density at radius 3 is 2.67 bits per heavy atom. The van der Waals surface area contributed by atoms with E-state index in [0.717, 1.165) is 0 Å². The minimum Gasteiger partial charge on any atom is -0.480 e. The highest BCUT2D eigenvalue weighted by molar-refractivity contribution is 5.67. The summed E-state index contributed by atoms with van der Waals surface area (Å²) in [4.78, 5) is 9.78. The molecule has 0 rings (SSSR count). The zero-order chi connectivity index (χ0) is 7.11. The zero-order valence-corrected chi connectivity index (χ0v) is 5.00. The lowest BCUT2D eigenvalue weighted by Crippen LogP contribution is -2.09. The summed E-state index contributed by atoms with van der Waals surface area (Å²) in [5.74, 6) is -0.973. The highest BCUT2D eigenvalue weighted by Gasteiger charge is 1.93. The number of hydrogen-bond acceptors (Lipinski definition) is 3. The molecule has 0 aromatic rings. The Morgan fingerprint density at radius 1 is 1.56 bits per heavy atom. The van der Waals surface area contributed by atoms with Gasteiger partial charge in [0.2, 0.25) is 0 Å². The topological polar surface area (TPSA) is 55.8 Å². The fraction of sp³-hybridized carbons (Fsp3) is 0.600. The standard InChI is InChI=1S/C5H9O4/c1-8-2-3-9-4-5(6)7/h1-4H2,(H,6,7). The molecular weight excluding hydrogens is 124 g/mol. The summed E-state index contributed by atoms with van der Waals surface area (Å²) in [5.41, 5.74) is 0. The van der Waals surface area contributed by atoms with Crippen LogP contribution in [0.25, 0.3) is 0 Å². The number of aliphatic carboxylic acids is 1. The van der Waals surface area contributed by atoms with E-state index in [0.29, 0.717) is 6.61 Å². The van der Waals surface area contributed by atoms with E-state index in [-0.39, 0.29) is 13.2 Å². The van der Waals surface area contributed by atoms with Crippen LogP contribution in [0.4, 0.5) is 0 Å². The van der Waals surface area contributed by atoms with Crippen LogP contribution in [0.3, 0.4) is 0 Å². The molecule has 0 atom stereocenters. The molecule has 0 saturated heterocycles. The maximum atomic E-state index is 9.78. The van der Waals surface area contributed by atoms with E-state index in [2.05, 4.69) is 16.6 Å². The fourth-order valence-electron chi connectivity index (χ4n) is 0.277. The van der Waals surface area contributed by atoms with Gasteiger partial charge in [-0.2, -0.15) is 0 Å². The lowest BCUT2D eigenvalue weighted by molar-refractivity contribution is -0.142. The molecule has 0 spiro atoms. The highest BCUT2D eigenvalue weighted by atomic mass is 16.5. The third kappa shape index (κ3) is 7.39. The first-order valence-electron chi connectivity index (χ1n) is 2.44. The molecule has 0 fully saturated rings. The number of carboxylic acid groups (broad SMARTS) is 1. The average Bonchev–Trinajstić information content (AvgIpc) is 1.80. The molecular formula is C5H9O4. The summed E-state index contributed by atoms with van der Waals surface area (Å²) >= 11 is 0. The van der Waals surface area contributed by atoms with E-state index in [1.807, 2.05) is 0 Å². The Morgan fingerprint density at radius 2 is 2.22 bits per heavy atom. The molecule has 4 nitrogen and oxygen atoms in total. The SMILES string of the molecule is [CH2]OCCOCC(=O)O. The van der Waals surface area contributed by atoms with Crippen molar-refractivity contribution in [2.24, 2.45) is 0 Å². The molecule has 0 amide bonds. The van der Waals surface area contributed by atoms with Gasteiger partial charge in [-0.25, -0.2) is 4.79 Å². The van der Waals surface area contributed by atoms with Gasteiger partial charge in [0.05, 0.1) is 20.3 Å². The van der Waals surface area contributed by atoms with E-state index in [1.165, 1.54) is 0 Å². The molecule has 0 saturated carbocycles. The summed E-state index contributed by atoms with van der Waals surface area (Å²) in [6.45, 7) is 0.326. The largest absolute Gasteiger partial charge is 0.480 e. The number of carboxylic acids is 1. The van der Waals surface area contributed by atoms with E-state index in [9.17, 15) is 4.79 Å². The Bertz CT molecular complexity index is 81.0. The van der Waals surface area contributed by atoms with Crippen LogP contribution in [0.5, 0.6) is 0 Å². The van der Waals surface area contributed by atoms with E-state index >= 15 is 0 Å². The molecule has 0 aliphatic carbocycles. The maximum Gasteiger partial charge on any atom is 0.329 e. The van der Waals surface area contributed by atoms with Crippen molar-refractivity contribution in [2.75, 3.05) is 19.8 Å². The van der Waals surface area contributed by atoms with Gasteiger partial charge in [-0.15, -0.1) is 0 Å². The van der Waals surface area contributed by atoms with Gasteiger partial charge in [-0.05, 0) is 0 Å². The predicted molar refractivity (Wildman–Crippen MR) is 29.8 cm³/mol. The zero-order valence-electron chi connectivity index (χ0n) is 5.00. The average molecular weight is 133 g/mol. The molecule has 0 unspecified atom stereocenters. The van der Waals surface area contributed by atoms with Crippen molar-refractivity contribution in [1.82, 2.24) is 0 Å². The lowest BCUT2D eigenvalue weighted by Gasteiger charge is -1.97. The first kappa shape index (κ1) is 8.39. The molecule has 1 radical (unpaired) electrons. The predicted octanol–water partition coefficient (Wildman–Crippen LogP) is -0.104. The minimum atomic E-state index is -0.973. The maximum absolute atomic E-state index is 9.78. The normalized spacial score (nSPS) is 9.44. The van der Waals surface area contributed by atoms with Gasteiger partial charge in [0.1, 0.15) is 6.61 Å². The summed E-state index contributed by atoms with van der Waals surface area (Å²) in [6, 6.07) is 0. The van der Waals surface area contributed by atoms with Crippen LogP contribution in [-0.2, 0) is 14.3 Å². The van der Waals surface area contributed by atoms with Crippen LogP contribution in [0.2, 0.25) is 0 Å². The quantitative estimate of drug-likeness (QED) is 0.532. The van der Waals surface area contributed by atoms with Crippen LogP contribution >= 0.6 is 0 Å². The monoisotopic (exact) mass is 133 g/mol. The summed E-state index contributed by atoms with van der Waals surface area (Å²) in [5, 5.41) is 8.03. The smallest absolute Gasteiger partial charge is 0.329 e. The van der Waals surface area contributed by atoms with Crippen molar-refractivity contribution in [1.29, 1.82) is 0 Å². The Balaban J connectivity index is 2.83. The number of carbonyl (C=O) groups is 1. The van der Waals surface area contributed by atoms with Crippen LogP contribution in [0, 0.1) is 7.11 Å². The molecule has 1 N–H and O–H groups in total. The van der Waals surface area contributed by atoms with Crippen LogP contribution in [0.15, 0.2) is 0 Å². The second-order valence-electron chi connectivity index (χ2n) is 1.35. The first-order valence-corrected chi connectivity index (χ1v) is 2.44. The third-order valence-corrected chi connectivity index (χ3v) is 0.598. The van der Waals surface area contributed by atoms with Gasteiger partial charge < -0.3 is 14.6 Å². The van der Waals surface area contributed by atoms with Gasteiger partial charge in [0.25, 0.3) is 0 Å². The summed E-state index contributed by atoms with van der Waals surface area (Å²) < 4.78 is 8.93. The number of hydrogen-bond donors (Lipinski definition) is 1. The van der Waals surface area contributed by atoms with Crippen LogP contribution in [-0.4, -0.2) is 30.9 Å². The van der Waals surface area contributed by atoms with Gasteiger partial charge in [0, 0.05) is 0 Å². The van der Waals surface area contributed by atoms with E-state index < -0.39 is 5.97 Å². The van der Waals surface area contributed by atoms with Crippen molar-refractivity contribution in [3.05, 3.63) is 7.11 Å². The first-order chi connectivity index (χ1) is 4.27. The van der Waals surface area contributed by atoms with Crippen LogP contribution in [0.1, 0.15) is 0 Å². The summed E-state index contributed by atoms with van der Waals surface area (Å²) in [6.07, 6.45) is 0. The summed E-state index contributed by atoms with van der Waals surface area (Å²) in [7, 11) is 3.07. The Hall–Kier alpha value is -0.610. The van der Waals surface area contributed by atoms with Crippen molar-refractivity contribution in [3.63, 3.8) is 0 Å². The van der Waals surface area contributed by atoms with Crippen molar-refractivity contribution in [3.8, 4) is 0 Å². The Labute approximate surface area is 53.4 Å². The molecule has 0 aliphatic rings. The van der Waals surface area contributed by atoms with Gasteiger partial charge in [-0.1, -0.05) is 0 Å². The lowest BCUT2D eigenvalue weighted by atomic mass is 10.7. The fourth-order valence-corrected chi connectivity index (χ4v) is 0.277. The molecule has 0 aromatic heterocycles. The third-order valence-electron chi connectivity index (χ3n) is 0.598. The molecule has 0 bridgehead atoms. The number of ether oxygens (including phenoxy) is 2. The molecule has 4 heteroatoms. The van der Waals surface area contributed by atoms with E-state index in [1.54, 1.807) is 0 Å². The highest BCUT2D eigenvalue weighted by Crippen LogP contribution is 1.75. The van der Waals surface area contributed by atoms with Crippen molar-refractivity contribution in [2.45, 2.75) is 0 Å². The van der Waals surface area contributed by atoms with Crippen LogP contribution < -0.4 is 0 Å². The van der Waals surface area contributed by atoms with Crippen molar-refractivity contribution >= 4 is 5.97 Å².